The van der Waals surface area contributed by atoms with Crippen LogP contribution >= 0.6 is 11.3 Å². The Balaban J connectivity index is 1.68. The van der Waals surface area contributed by atoms with Gasteiger partial charge in [-0.15, -0.1) is 11.3 Å². The number of carbonyl (C=O) groups excluding carboxylic acids is 2. The molecule has 0 bridgehead atoms. The quantitative estimate of drug-likeness (QED) is 0.679. The largest absolute Gasteiger partial charge is 0.352 e. The molecule has 0 aliphatic heterocycles. The van der Waals surface area contributed by atoms with Crippen molar-refractivity contribution in [3.8, 4) is 0 Å². The van der Waals surface area contributed by atoms with Crippen molar-refractivity contribution < 1.29 is 9.59 Å². The predicted molar refractivity (Wildman–Crippen MR) is 109 cm³/mol. The minimum atomic E-state index is -0.185. The van der Waals surface area contributed by atoms with Gasteiger partial charge in [0.05, 0.1) is 10.7 Å². The third kappa shape index (κ3) is 4.80. The van der Waals surface area contributed by atoms with Gasteiger partial charge >= 0.3 is 0 Å². The van der Waals surface area contributed by atoms with Crippen LogP contribution in [0, 0.1) is 6.92 Å². The van der Waals surface area contributed by atoms with Gasteiger partial charge in [0, 0.05) is 24.2 Å². The normalized spacial score (nSPS) is 10.4. The van der Waals surface area contributed by atoms with E-state index in [2.05, 4.69) is 15.6 Å². The fourth-order valence-electron chi connectivity index (χ4n) is 2.66. The van der Waals surface area contributed by atoms with Gasteiger partial charge in [0.15, 0.2) is 0 Å². The van der Waals surface area contributed by atoms with E-state index in [1.807, 2.05) is 44.2 Å². The highest BCUT2D eigenvalue weighted by molar-refractivity contribution is 7.14. The lowest BCUT2D eigenvalue weighted by atomic mass is 10.2. The van der Waals surface area contributed by atoms with Crippen molar-refractivity contribution in [1.82, 2.24) is 10.3 Å². The minimum absolute atomic E-state index is 0.126. The Morgan fingerprint density at radius 1 is 1.00 bits per heavy atom. The second-order valence-electron chi connectivity index (χ2n) is 6.08. The summed E-state index contributed by atoms with van der Waals surface area (Å²) in [6.07, 6.45) is 0.709. The van der Waals surface area contributed by atoms with Gasteiger partial charge in [-0.05, 0) is 43.7 Å². The van der Waals surface area contributed by atoms with Crippen LogP contribution in [0.1, 0.15) is 43.2 Å². The molecule has 3 rings (SSSR count). The number of anilines is 1. The van der Waals surface area contributed by atoms with Crippen LogP contribution in [0.25, 0.3) is 0 Å². The summed E-state index contributed by atoms with van der Waals surface area (Å²) in [6, 6.07) is 16.9. The highest BCUT2D eigenvalue weighted by Crippen LogP contribution is 2.22. The summed E-state index contributed by atoms with van der Waals surface area (Å²) in [4.78, 5) is 29.5. The topological polar surface area (TPSA) is 71.1 Å². The second kappa shape index (κ2) is 8.60. The molecule has 0 saturated heterocycles. The molecule has 2 N–H and O–H groups in total. The first-order chi connectivity index (χ1) is 13.1. The zero-order chi connectivity index (χ0) is 19.2. The first kappa shape index (κ1) is 18.8. The Kier molecular flexibility index (Phi) is 5.98. The maximum atomic E-state index is 12.6. The molecule has 0 aliphatic rings. The van der Waals surface area contributed by atoms with E-state index in [4.69, 9.17) is 0 Å². The molecule has 0 aliphatic carbocycles. The van der Waals surface area contributed by atoms with E-state index in [1.54, 1.807) is 24.3 Å². The van der Waals surface area contributed by atoms with E-state index < -0.39 is 0 Å². The second-order valence-corrected chi connectivity index (χ2v) is 7.16. The van der Waals surface area contributed by atoms with Gasteiger partial charge in [0.1, 0.15) is 4.88 Å². The van der Waals surface area contributed by atoms with Crippen LogP contribution < -0.4 is 10.6 Å². The summed E-state index contributed by atoms with van der Waals surface area (Å²) in [6.45, 7) is 4.29. The van der Waals surface area contributed by atoms with E-state index >= 15 is 0 Å². The van der Waals surface area contributed by atoms with Crippen molar-refractivity contribution in [2.45, 2.75) is 20.3 Å². The minimum Gasteiger partial charge on any atom is -0.352 e. The molecular formula is C21H21N3O2S. The van der Waals surface area contributed by atoms with Crippen LogP contribution in [-0.2, 0) is 6.42 Å². The molecule has 2 amide bonds. The number of benzene rings is 2. The lowest BCUT2D eigenvalue weighted by molar-refractivity contribution is 0.0955. The fourth-order valence-corrected chi connectivity index (χ4v) is 3.66. The third-order valence-electron chi connectivity index (χ3n) is 3.99. The number of amides is 2. The Bertz CT molecular complexity index is 934. The van der Waals surface area contributed by atoms with E-state index in [0.717, 1.165) is 10.7 Å². The average molecular weight is 379 g/mol. The third-order valence-corrected chi connectivity index (χ3v) is 5.14. The smallest absolute Gasteiger partial charge is 0.267 e. The first-order valence-corrected chi connectivity index (χ1v) is 9.58. The molecule has 1 aromatic heterocycles. The summed E-state index contributed by atoms with van der Waals surface area (Å²) in [5, 5.41) is 6.53. The van der Waals surface area contributed by atoms with Crippen LogP contribution in [0.15, 0.2) is 54.6 Å². The molecule has 0 saturated carbocycles. The molecule has 3 aromatic rings. The van der Waals surface area contributed by atoms with Crippen LogP contribution in [0.3, 0.4) is 0 Å². The van der Waals surface area contributed by atoms with E-state index in [9.17, 15) is 9.59 Å². The monoisotopic (exact) mass is 379 g/mol. The number of aryl methyl sites for hydroxylation is 1. The molecule has 0 radical (unpaired) electrons. The Labute approximate surface area is 162 Å². The number of nitrogens with one attached hydrogen (secondary N) is 2. The number of hydrogen-bond acceptors (Lipinski definition) is 4. The van der Waals surface area contributed by atoms with Crippen molar-refractivity contribution in [1.29, 1.82) is 0 Å². The molecule has 2 aromatic carbocycles. The summed E-state index contributed by atoms with van der Waals surface area (Å²) in [7, 11) is 0. The summed E-state index contributed by atoms with van der Waals surface area (Å²) in [5.41, 5.74) is 3.10. The summed E-state index contributed by atoms with van der Waals surface area (Å²) in [5.74, 6) is -0.311. The SMILES string of the molecule is CCNC(=O)c1ccc(NC(=O)c2sc(Cc3ccccc3)nc2C)cc1. The molecule has 0 unspecified atom stereocenters. The Hall–Kier alpha value is -2.99. The van der Waals surface area contributed by atoms with Gasteiger partial charge in [-0.2, -0.15) is 0 Å². The highest BCUT2D eigenvalue weighted by Gasteiger charge is 2.16. The van der Waals surface area contributed by atoms with Gasteiger partial charge in [-0.25, -0.2) is 4.98 Å². The summed E-state index contributed by atoms with van der Waals surface area (Å²) >= 11 is 1.41. The van der Waals surface area contributed by atoms with Crippen molar-refractivity contribution in [2.75, 3.05) is 11.9 Å². The van der Waals surface area contributed by atoms with Crippen molar-refractivity contribution in [3.63, 3.8) is 0 Å². The van der Waals surface area contributed by atoms with Gasteiger partial charge in [0.25, 0.3) is 11.8 Å². The van der Waals surface area contributed by atoms with Crippen molar-refractivity contribution in [2.24, 2.45) is 0 Å². The molecular weight excluding hydrogens is 358 g/mol. The lowest BCUT2D eigenvalue weighted by Crippen LogP contribution is -2.22. The zero-order valence-corrected chi connectivity index (χ0v) is 16.1. The molecule has 6 heteroatoms. The van der Waals surface area contributed by atoms with E-state index in [1.165, 1.54) is 16.9 Å². The fraction of sp³-hybridized carbons (Fsp3) is 0.190. The lowest BCUT2D eigenvalue weighted by Gasteiger charge is -2.06. The number of nitrogens with zero attached hydrogens (tertiary/aromatic N) is 1. The number of thiazole rings is 1. The Morgan fingerprint density at radius 3 is 2.37 bits per heavy atom. The van der Waals surface area contributed by atoms with Crippen LogP contribution in [0.4, 0.5) is 5.69 Å². The van der Waals surface area contributed by atoms with Crippen LogP contribution in [-0.4, -0.2) is 23.3 Å². The van der Waals surface area contributed by atoms with Crippen LogP contribution in [0.2, 0.25) is 0 Å². The summed E-state index contributed by atoms with van der Waals surface area (Å²) < 4.78 is 0. The van der Waals surface area contributed by atoms with Gasteiger partial charge in [0.2, 0.25) is 0 Å². The molecule has 5 nitrogen and oxygen atoms in total. The molecule has 27 heavy (non-hydrogen) atoms. The maximum absolute atomic E-state index is 12.6. The zero-order valence-electron chi connectivity index (χ0n) is 15.3. The number of hydrogen-bond donors (Lipinski definition) is 2. The van der Waals surface area contributed by atoms with Crippen molar-refractivity contribution >= 4 is 28.8 Å². The van der Waals surface area contributed by atoms with Gasteiger partial charge in [-0.3, -0.25) is 9.59 Å². The van der Waals surface area contributed by atoms with Gasteiger partial charge in [-0.1, -0.05) is 30.3 Å². The van der Waals surface area contributed by atoms with Crippen molar-refractivity contribution in [3.05, 3.63) is 81.3 Å². The van der Waals surface area contributed by atoms with Crippen LogP contribution in [0.5, 0.6) is 0 Å². The molecule has 0 spiro atoms. The van der Waals surface area contributed by atoms with E-state index in [0.29, 0.717) is 29.1 Å². The highest BCUT2D eigenvalue weighted by atomic mass is 32.1. The average Bonchev–Trinajstić information content (AvgIpc) is 3.03. The maximum Gasteiger partial charge on any atom is 0.267 e. The molecule has 138 valence electrons. The van der Waals surface area contributed by atoms with E-state index in [-0.39, 0.29) is 11.8 Å². The molecule has 1 heterocycles. The molecule has 0 fully saturated rings. The molecule has 0 atom stereocenters. The number of rotatable bonds is 6. The number of aromatic nitrogens is 1. The standard InChI is InChI=1S/C21H21N3O2S/c1-3-22-20(25)16-9-11-17(12-10-16)24-21(26)19-14(2)23-18(27-19)13-15-7-5-4-6-8-15/h4-12H,3,13H2,1-2H3,(H,22,25)(H,24,26). The first-order valence-electron chi connectivity index (χ1n) is 8.76. The predicted octanol–water partition coefficient (Wildman–Crippen LogP) is 4.04. The Morgan fingerprint density at radius 2 is 1.70 bits per heavy atom. The number of carbonyl (C=O) groups is 2. The van der Waals surface area contributed by atoms with Gasteiger partial charge < -0.3 is 10.6 Å².